The van der Waals surface area contributed by atoms with Gasteiger partial charge in [-0.05, 0) is 30.3 Å². The van der Waals surface area contributed by atoms with E-state index in [1.807, 2.05) is 0 Å². The van der Waals surface area contributed by atoms with Crippen LogP contribution in [0.5, 0.6) is 0 Å². The fourth-order valence-electron chi connectivity index (χ4n) is 2.67. The Labute approximate surface area is 142 Å². The van der Waals surface area contributed by atoms with Gasteiger partial charge in [-0.1, -0.05) is 12.1 Å². The molecule has 2 aromatic carbocycles. The quantitative estimate of drug-likeness (QED) is 0.699. The summed E-state index contributed by atoms with van der Waals surface area (Å²) in [4.78, 5) is 34.9. The van der Waals surface area contributed by atoms with Crippen LogP contribution in [0.3, 0.4) is 0 Å². The molecule has 6 nitrogen and oxygen atoms in total. The van der Waals surface area contributed by atoms with E-state index in [1.54, 1.807) is 22.8 Å². The molecule has 0 radical (unpaired) electrons. The summed E-state index contributed by atoms with van der Waals surface area (Å²) in [6.07, 6.45) is 2.09. The number of amides is 2. The third-order valence-corrected chi connectivity index (χ3v) is 3.78. The summed E-state index contributed by atoms with van der Waals surface area (Å²) in [6.45, 7) is -0.108. The normalized spacial score (nSPS) is 10.6. The molecular weight excluding hydrogens is 325 g/mol. The molecule has 0 aliphatic carbocycles. The third-order valence-electron chi connectivity index (χ3n) is 3.78. The minimum absolute atomic E-state index is 0.108. The molecule has 0 bridgehead atoms. The van der Waals surface area contributed by atoms with Crippen LogP contribution in [0.15, 0.2) is 48.7 Å². The standard InChI is InChI=1S/C18H14FN3O3/c19-12-5-6-16-14(7-12)11(10-23)8-22(16)9-17(24)21-15-4-2-1-3-13(15)18(20)25/h1-8,10H,9H2,(H2,20,25)(H,21,24). The predicted octanol–water partition coefficient (Wildman–Crippen LogP) is 2.33. The van der Waals surface area contributed by atoms with Crippen molar-refractivity contribution >= 4 is 34.7 Å². The molecule has 0 spiro atoms. The number of rotatable bonds is 5. The summed E-state index contributed by atoms with van der Waals surface area (Å²) in [6, 6.07) is 10.4. The van der Waals surface area contributed by atoms with Crippen LogP contribution in [0.25, 0.3) is 10.9 Å². The van der Waals surface area contributed by atoms with E-state index in [2.05, 4.69) is 5.32 Å². The molecule has 3 N–H and O–H groups in total. The number of hydrogen-bond acceptors (Lipinski definition) is 3. The van der Waals surface area contributed by atoms with Gasteiger partial charge >= 0.3 is 0 Å². The number of primary amides is 1. The Morgan fingerprint density at radius 1 is 1.20 bits per heavy atom. The van der Waals surface area contributed by atoms with E-state index in [0.717, 1.165) is 0 Å². The van der Waals surface area contributed by atoms with Crippen molar-refractivity contribution < 1.29 is 18.8 Å². The molecule has 2 amide bonds. The van der Waals surface area contributed by atoms with Gasteiger partial charge in [-0.15, -0.1) is 0 Å². The minimum atomic E-state index is -0.652. The number of hydrogen-bond donors (Lipinski definition) is 2. The molecule has 0 fully saturated rings. The Bertz CT molecular complexity index is 994. The zero-order valence-corrected chi connectivity index (χ0v) is 13.0. The first-order chi connectivity index (χ1) is 12.0. The molecule has 3 rings (SSSR count). The first kappa shape index (κ1) is 16.4. The maximum Gasteiger partial charge on any atom is 0.250 e. The number of aromatic nitrogens is 1. The number of nitrogens with two attached hydrogens (primary N) is 1. The van der Waals surface area contributed by atoms with Crippen LogP contribution in [0.2, 0.25) is 0 Å². The van der Waals surface area contributed by atoms with Crippen LogP contribution in [-0.2, 0) is 11.3 Å². The maximum absolute atomic E-state index is 13.4. The Kier molecular flexibility index (Phi) is 4.30. The molecule has 126 valence electrons. The van der Waals surface area contributed by atoms with Gasteiger partial charge in [0.1, 0.15) is 12.4 Å². The highest BCUT2D eigenvalue weighted by atomic mass is 19.1. The highest BCUT2D eigenvalue weighted by Crippen LogP contribution is 2.22. The second kappa shape index (κ2) is 6.56. The Morgan fingerprint density at radius 3 is 2.68 bits per heavy atom. The van der Waals surface area contributed by atoms with Crippen LogP contribution in [0.4, 0.5) is 10.1 Å². The second-order valence-electron chi connectivity index (χ2n) is 5.45. The molecule has 0 unspecified atom stereocenters. The van der Waals surface area contributed by atoms with Crippen LogP contribution >= 0.6 is 0 Å². The van der Waals surface area contributed by atoms with Gasteiger partial charge in [0.2, 0.25) is 5.91 Å². The largest absolute Gasteiger partial charge is 0.366 e. The highest BCUT2D eigenvalue weighted by Gasteiger charge is 2.14. The zero-order chi connectivity index (χ0) is 18.0. The first-order valence-corrected chi connectivity index (χ1v) is 7.42. The summed E-state index contributed by atoms with van der Waals surface area (Å²) in [5.41, 5.74) is 6.63. The van der Waals surface area contributed by atoms with E-state index < -0.39 is 17.6 Å². The summed E-state index contributed by atoms with van der Waals surface area (Å²) in [7, 11) is 0. The Hall–Kier alpha value is -3.48. The first-order valence-electron chi connectivity index (χ1n) is 7.42. The maximum atomic E-state index is 13.4. The number of anilines is 1. The van der Waals surface area contributed by atoms with Gasteiger partial charge in [-0.2, -0.15) is 0 Å². The van der Waals surface area contributed by atoms with Crippen molar-refractivity contribution in [2.45, 2.75) is 6.54 Å². The van der Waals surface area contributed by atoms with Crippen LogP contribution < -0.4 is 11.1 Å². The lowest BCUT2D eigenvalue weighted by atomic mass is 10.1. The van der Waals surface area contributed by atoms with E-state index >= 15 is 0 Å². The van der Waals surface area contributed by atoms with Gasteiger partial charge < -0.3 is 15.6 Å². The molecule has 25 heavy (non-hydrogen) atoms. The van der Waals surface area contributed by atoms with E-state index in [1.165, 1.54) is 30.5 Å². The second-order valence-corrected chi connectivity index (χ2v) is 5.45. The van der Waals surface area contributed by atoms with E-state index in [0.29, 0.717) is 28.4 Å². The number of nitrogens with one attached hydrogen (secondary N) is 1. The van der Waals surface area contributed by atoms with Gasteiger partial charge in [0.15, 0.2) is 6.29 Å². The number of benzene rings is 2. The summed E-state index contributed by atoms with van der Waals surface area (Å²) >= 11 is 0. The van der Waals surface area contributed by atoms with E-state index in [-0.39, 0.29) is 12.1 Å². The third kappa shape index (κ3) is 3.25. The number of para-hydroxylation sites is 1. The SMILES string of the molecule is NC(=O)c1ccccc1NC(=O)Cn1cc(C=O)c2cc(F)ccc21. The van der Waals surface area contributed by atoms with E-state index in [4.69, 9.17) is 5.73 Å². The molecule has 0 atom stereocenters. The minimum Gasteiger partial charge on any atom is -0.366 e. The molecule has 1 aromatic heterocycles. The number of nitrogens with zero attached hydrogens (tertiary/aromatic N) is 1. The van der Waals surface area contributed by atoms with Crippen molar-refractivity contribution in [3.05, 3.63) is 65.6 Å². The lowest BCUT2D eigenvalue weighted by Gasteiger charge is -2.10. The van der Waals surface area contributed by atoms with Crippen LogP contribution in [0.1, 0.15) is 20.7 Å². The van der Waals surface area contributed by atoms with E-state index in [9.17, 15) is 18.8 Å². The molecule has 0 saturated heterocycles. The number of halogens is 1. The average Bonchev–Trinajstić information content (AvgIpc) is 2.91. The highest BCUT2D eigenvalue weighted by molar-refractivity contribution is 6.03. The zero-order valence-electron chi connectivity index (χ0n) is 13.0. The Balaban J connectivity index is 1.88. The van der Waals surface area contributed by atoms with Crippen LogP contribution in [0, 0.1) is 5.82 Å². The van der Waals surface area contributed by atoms with Gasteiger partial charge in [0, 0.05) is 22.7 Å². The molecular formula is C18H14FN3O3. The smallest absolute Gasteiger partial charge is 0.250 e. The average molecular weight is 339 g/mol. The molecule has 7 heteroatoms. The summed E-state index contributed by atoms with van der Waals surface area (Å²) in [5.74, 6) is -1.53. The molecule has 0 saturated carbocycles. The van der Waals surface area contributed by atoms with Crippen molar-refractivity contribution in [2.24, 2.45) is 5.73 Å². The van der Waals surface area contributed by atoms with Crippen molar-refractivity contribution in [2.75, 3.05) is 5.32 Å². The number of fused-ring (bicyclic) bond motifs is 1. The number of carbonyl (C=O) groups is 3. The van der Waals surface area contributed by atoms with Gasteiger partial charge in [0.25, 0.3) is 5.91 Å². The predicted molar refractivity (Wildman–Crippen MR) is 90.9 cm³/mol. The van der Waals surface area contributed by atoms with Crippen molar-refractivity contribution in [1.82, 2.24) is 4.57 Å². The fourth-order valence-corrected chi connectivity index (χ4v) is 2.67. The molecule has 3 aromatic rings. The lowest BCUT2D eigenvalue weighted by Crippen LogP contribution is -2.21. The van der Waals surface area contributed by atoms with Crippen LogP contribution in [-0.4, -0.2) is 22.7 Å². The molecule has 0 aliphatic rings. The monoisotopic (exact) mass is 339 g/mol. The summed E-state index contributed by atoms with van der Waals surface area (Å²) < 4.78 is 14.9. The Morgan fingerprint density at radius 2 is 1.96 bits per heavy atom. The van der Waals surface area contributed by atoms with Gasteiger partial charge in [0.05, 0.1) is 11.3 Å². The van der Waals surface area contributed by atoms with Crippen molar-refractivity contribution in [1.29, 1.82) is 0 Å². The van der Waals surface area contributed by atoms with Crippen molar-refractivity contribution in [3.63, 3.8) is 0 Å². The van der Waals surface area contributed by atoms with Gasteiger partial charge in [-0.25, -0.2) is 4.39 Å². The number of aldehydes is 1. The molecule has 0 aliphatic heterocycles. The summed E-state index contributed by atoms with van der Waals surface area (Å²) in [5, 5.41) is 3.05. The molecule has 1 heterocycles. The topological polar surface area (TPSA) is 94.2 Å². The van der Waals surface area contributed by atoms with Crippen molar-refractivity contribution in [3.8, 4) is 0 Å². The van der Waals surface area contributed by atoms with Gasteiger partial charge in [-0.3, -0.25) is 14.4 Å². The fraction of sp³-hybridized carbons (Fsp3) is 0.0556. The number of carbonyl (C=O) groups excluding carboxylic acids is 3. The lowest BCUT2D eigenvalue weighted by molar-refractivity contribution is -0.116.